The predicted molar refractivity (Wildman–Crippen MR) is 77.2 cm³/mol. The van der Waals surface area contributed by atoms with E-state index in [4.69, 9.17) is 14.9 Å². The highest BCUT2D eigenvalue weighted by molar-refractivity contribution is 7.09. The molecule has 0 fully saturated rings. The lowest BCUT2D eigenvalue weighted by molar-refractivity contribution is -0.137. The molecule has 2 heterocycles. The molecule has 0 saturated carbocycles. The van der Waals surface area contributed by atoms with Gasteiger partial charge in [0.1, 0.15) is 12.4 Å². The normalized spacial score (nSPS) is 10.7. The lowest BCUT2D eigenvalue weighted by Crippen LogP contribution is -2.33. The molecule has 0 aromatic carbocycles. The highest BCUT2D eigenvalue weighted by Gasteiger charge is 2.16. The molecule has 5 nitrogen and oxygen atoms in total. The van der Waals surface area contributed by atoms with Crippen LogP contribution < -0.4 is 5.73 Å². The molecule has 2 aromatic heterocycles. The van der Waals surface area contributed by atoms with E-state index in [1.165, 1.54) is 0 Å². The third kappa shape index (κ3) is 4.48. The molecular weight excluding hydrogens is 276 g/mol. The Morgan fingerprint density at radius 2 is 2.25 bits per heavy atom. The van der Waals surface area contributed by atoms with Crippen LogP contribution in [0.2, 0.25) is 0 Å². The van der Waals surface area contributed by atoms with E-state index in [2.05, 4.69) is 0 Å². The summed E-state index contributed by atoms with van der Waals surface area (Å²) in [5.41, 5.74) is 5.35. The molecule has 0 aliphatic heterocycles. The lowest BCUT2D eigenvalue weighted by Gasteiger charge is -2.21. The van der Waals surface area contributed by atoms with Crippen molar-refractivity contribution < 1.29 is 13.9 Å². The summed E-state index contributed by atoms with van der Waals surface area (Å²) < 4.78 is 10.5. The van der Waals surface area contributed by atoms with Crippen molar-refractivity contribution in [2.45, 2.75) is 13.1 Å². The second-order valence-corrected chi connectivity index (χ2v) is 5.28. The minimum Gasteiger partial charge on any atom is -0.467 e. The van der Waals surface area contributed by atoms with Crippen LogP contribution in [0.3, 0.4) is 0 Å². The van der Waals surface area contributed by atoms with Gasteiger partial charge < -0.3 is 19.8 Å². The topological polar surface area (TPSA) is 68.7 Å². The third-order valence-corrected chi connectivity index (χ3v) is 3.56. The minimum absolute atomic E-state index is 0.0449. The van der Waals surface area contributed by atoms with Crippen molar-refractivity contribution in [1.29, 1.82) is 0 Å². The molecule has 0 atom stereocenters. The Morgan fingerprint density at radius 3 is 2.90 bits per heavy atom. The average Bonchev–Trinajstić information content (AvgIpc) is 3.11. The van der Waals surface area contributed by atoms with E-state index < -0.39 is 0 Å². The van der Waals surface area contributed by atoms with Crippen molar-refractivity contribution >= 4 is 17.2 Å². The number of hydrogen-bond acceptors (Lipinski definition) is 5. The SMILES string of the molecule is NCCOCC(=O)N(Cc1ccco1)Cc1cccs1. The Bertz CT molecular complexity index is 460. The standard InChI is InChI=1S/C14H18N2O3S/c15-5-7-18-11-14(17)16(9-12-3-1-6-19-12)10-13-4-2-8-20-13/h1-4,6,8H,5,7,9-11,15H2. The van der Waals surface area contributed by atoms with Gasteiger partial charge in [0.05, 0.1) is 26.0 Å². The number of carbonyl (C=O) groups excluding carboxylic acids is 1. The van der Waals surface area contributed by atoms with Crippen LogP contribution in [-0.2, 0) is 22.6 Å². The van der Waals surface area contributed by atoms with Gasteiger partial charge in [-0.15, -0.1) is 11.3 Å². The molecule has 2 N–H and O–H groups in total. The fourth-order valence-electron chi connectivity index (χ4n) is 1.75. The number of nitrogens with zero attached hydrogens (tertiary/aromatic N) is 1. The van der Waals surface area contributed by atoms with Crippen LogP contribution in [0, 0.1) is 0 Å². The molecule has 0 unspecified atom stereocenters. The van der Waals surface area contributed by atoms with Gasteiger partial charge in [-0.05, 0) is 23.6 Å². The molecule has 2 rings (SSSR count). The first-order valence-corrected chi connectivity index (χ1v) is 7.28. The predicted octanol–water partition coefficient (Wildman–Crippen LogP) is 1.85. The molecule has 0 aliphatic rings. The third-order valence-electron chi connectivity index (χ3n) is 2.69. The van der Waals surface area contributed by atoms with E-state index in [-0.39, 0.29) is 12.5 Å². The zero-order valence-electron chi connectivity index (χ0n) is 11.2. The number of thiophene rings is 1. The van der Waals surface area contributed by atoms with Crippen molar-refractivity contribution in [2.24, 2.45) is 5.73 Å². The number of furan rings is 1. The molecule has 108 valence electrons. The van der Waals surface area contributed by atoms with Crippen molar-refractivity contribution in [3.8, 4) is 0 Å². The number of nitrogens with two attached hydrogens (primary N) is 1. The van der Waals surface area contributed by atoms with E-state index in [1.807, 2.05) is 29.6 Å². The smallest absolute Gasteiger partial charge is 0.249 e. The number of hydrogen-bond donors (Lipinski definition) is 1. The van der Waals surface area contributed by atoms with Crippen molar-refractivity contribution in [3.05, 3.63) is 46.5 Å². The molecular formula is C14H18N2O3S. The Hall–Kier alpha value is -1.63. The van der Waals surface area contributed by atoms with Crippen LogP contribution in [-0.4, -0.2) is 30.6 Å². The molecule has 0 spiro atoms. The summed E-state index contributed by atoms with van der Waals surface area (Å²) in [6.45, 7) is 1.85. The van der Waals surface area contributed by atoms with E-state index in [0.29, 0.717) is 26.2 Å². The lowest BCUT2D eigenvalue weighted by atomic mass is 10.3. The summed E-state index contributed by atoms with van der Waals surface area (Å²) >= 11 is 1.62. The number of amides is 1. The van der Waals surface area contributed by atoms with Crippen LogP contribution in [0.15, 0.2) is 40.3 Å². The fraction of sp³-hybridized carbons (Fsp3) is 0.357. The summed E-state index contributed by atoms with van der Waals surface area (Å²) in [7, 11) is 0. The summed E-state index contributed by atoms with van der Waals surface area (Å²) in [5.74, 6) is 0.692. The largest absolute Gasteiger partial charge is 0.467 e. The van der Waals surface area contributed by atoms with Crippen molar-refractivity contribution in [1.82, 2.24) is 4.90 Å². The maximum Gasteiger partial charge on any atom is 0.249 e. The highest BCUT2D eigenvalue weighted by atomic mass is 32.1. The summed E-state index contributed by atoms with van der Waals surface area (Å²) in [5, 5.41) is 2.00. The first-order chi connectivity index (χ1) is 9.79. The van der Waals surface area contributed by atoms with Gasteiger partial charge in [-0.3, -0.25) is 4.79 Å². The number of ether oxygens (including phenoxy) is 1. The van der Waals surface area contributed by atoms with E-state index >= 15 is 0 Å². The Labute approximate surface area is 121 Å². The number of carbonyl (C=O) groups is 1. The first-order valence-electron chi connectivity index (χ1n) is 6.40. The fourth-order valence-corrected chi connectivity index (χ4v) is 2.47. The van der Waals surface area contributed by atoms with Crippen molar-refractivity contribution in [3.63, 3.8) is 0 Å². The first kappa shape index (κ1) is 14.8. The molecule has 0 aliphatic carbocycles. The summed E-state index contributed by atoms with van der Waals surface area (Å²) in [4.78, 5) is 15.0. The van der Waals surface area contributed by atoms with Gasteiger partial charge in [0, 0.05) is 11.4 Å². The molecule has 0 bridgehead atoms. The van der Waals surface area contributed by atoms with Gasteiger partial charge in [0.25, 0.3) is 0 Å². The molecule has 6 heteroatoms. The van der Waals surface area contributed by atoms with Crippen LogP contribution in [0.4, 0.5) is 0 Å². The zero-order chi connectivity index (χ0) is 14.2. The maximum absolute atomic E-state index is 12.2. The Morgan fingerprint density at radius 1 is 1.35 bits per heavy atom. The van der Waals surface area contributed by atoms with Crippen LogP contribution in [0.25, 0.3) is 0 Å². The van der Waals surface area contributed by atoms with Gasteiger partial charge in [0.15, 0.2) is 0 Å². The Balaban J connectivity index is 1.97. The van der Waals surface area contributed by atoms with Gasteiger partial charge in [-0.25, -0.2) is 0 Å². The number of rotatable bonds is 8. The van der Waals surface area contributed by atoms with E-state index in [9.17, 15) is 4.79 Å². The zero-order valence-corrected chi connectivity index (χ0v) is 12.0. The maximum atomic E-state index is 12.2. The molecule has 0 saturated heterocycles. The van der Waals surface area contributed by atoms with Gasteiger partial charge >= 0.3 is 0 Å². The van der Waals surface area contributed by atoms with Gasteiger partial charge in [-0.2, -0.15) is 0 Å². The summed E-state index contributed by atoms with van der Waals surface area (Å²) in [6, 6.07) is 7.65. The van der Waals surface area contributed by atoms with Gasteiger partial charge in [-0.1, -0.05) is 6.07 Å². The second kappa shape index (κ2) is 7.84. The summed E-state index contributed by atoms with van der Waals surface area (Å²) in [6.07, 6.45) is 1.61. The van der Waals surface area contributed by atoms with Crippen molar-refractivity contribution in [2.75, 3.05) is 19.8 Å². The minimum atomic E-state index is -0.0664. The molecule has 2 aromatic rings. The molecule has 20 heavy (non-hydrogen) atoms. The van der Waals surface area contributed by atoms with E-state index in [0.717, 1.165) is 10.6 Å². The second-order valence-electron chi connectivity index (χ2n) is 4.25. The Kier molecular flexibility index (Phi) is 5.79. The van der Waals surface area contributed by atoms with Crippen LogP contribution in [0.5, 0.6) is 0 Å². The monoisotopic (exact) mass is 294 g/mol. The average molecular weight is 294 g/mol. The molecule has 0 radical (unpaired) electrons. The molecule has 1 amide bonds. The van der Waals surface area contributed by atoms with Gasteiger partial charge in [0.2, 0.25) is 5.91 Å². The van der Waals surface area contributed by atoms with Crippen LogP contribution >= 0.6 is 11.3 Å². The highest BCUT2D eigenvalue weighted by Crippen LogP contribution is 2.15. The quantitative estimate of drug-likeness (QED) is 0.754. The van der Waals surface area contributed by atoms with Crippen LogP contribution in [0.1, 0.15) is 10.6 Å². The van der Waals surface area contributed by atoms with E-state index in [1.54, 1.807) is 22.5 Å².